The third-order valence-electron chi connectivity index (χ3n) is 3.06. The molecular weight excluding hydrogens is 218 g/mol. The van der Waals surface area contributed by atoms with Crippen LogP contribution in [0.3, 0.4) is 0 Å². The summed E-state index contributed by atoms with van der Waals surface area (Å²) in [7, 11) is 0. The summed E-state index contributed by atoms with van der Waals surface area (Å²) < 4.78 is 4.97. The Hall–Kier alpha value is -1.36. The van der Waals surface area contributed by atoms with E-state index in [0.717, 1.165) is 37.4 Å². The average Bonchev–Trinajstić information content (AvgIpc) is 2.73. The normalized spacial score (nSPS) is 20.2. The summed E-state index contributed by atoms with van der Waals surface area (Å²) in [6.07, 6.45) is 2.27. The van der Waals surface area contributed by atoms with E-state index < -0.39 is 0 Å². The Labute approximate surface area is 101 Å². The SMILES string of the molecule is CCOC(=O)c1nc(C2CCCNC2)[nH]c1C. The molecule has 1 aliphatic rings. The number of aryl methyl sites for hydroxylation is 1. The van der Waals surface area contributed by atoms with E-state index in [0.29, 0.717) is 18.2 Å². The molecular formula is C12H19N3O2. The third kappa shape index (κ3) is 2.66. The highest BCUT2D eigenvalue weighted by Gasteiger charge is 2.22. The Kier molecular flexibility index (Phi) is 3.78. The maximum Gasteiger partial charge on any atom is 0.358 e. The van der Waals surface area contributed by atoms with Crippen LogP contribution in [-0.4, -0.2) is 35.6 Å². The van der Waals surface area contributed by atoms with Gasteiger partial charge in [-0.05, 0) is 33.2 Å². The van der Waals surface area contributed by atoms with Crippen LogP contribution in [0.5, 0.6) is 0 Å². The molecule has 1 saturated heterocycles. The van der Waals surface area contributed by atoms with Crippen LogP contribution in [0, 0.1) is 6.92 Å². The van der Waals surface area contributed by atoms with Crippen LogP contribution >= 0.6 is 0 Å². The molecule has 5 heteroatoms. The van der Waals surface area contributed by atoms with Crippen molar-refractivity contribution in [2.75, 3.05) is 19.7 Å². The highest BCUT2D eigenvalue weighted by molar-refractivity contribution is 5.88. The number of nitrogens with zero attached hydrogens (tertiary/aromatic N) is 1. The Balaban J connectivity index is 2.14. The number of esters is 1. The standard InChI is InChI=1S/C12H19N3O2/c1-3-17-12(16)10-8(2)14-11(15-10)9-5-4-6-13-7-9/h9,13H,3-7H2,1-2H3,(H,14,15). The van der Waals surface area contributed by atoms with Gasteiger partial charge in [-0.1, -0.05) is 0 Å². The summed E-state index contributed by atoms with van der Waals surface area (Å²) in [6, 6.07) is 0. The molecule has 1 aliphatic heterocycles. The molecule has 5 nitrogen and oxygen atoms in total. The predicted octanol–water partition coefficient (Wildman–Crippen LogP) is 1.36. The Morgan fingerprint density at radius 1 is 1.59 bits per heavy atom. The maximum atomic E-state index is 11.6. The van der Waals surface area contributed by atoms with Crippen molar-refractivity contribution < 1.29 is 9.53 Å². The average molecular weight is 237 g/mol. The summed E-state index contributed by atoms with van der Waals surface area (Å²) >= 11 is 0. The minimum Gasteiger partial charge on any atom is -0.461 e. The molecule has 0 amide bonds. The molecule has 94 valence electrons. The van der Waals surface area contributed by atoms with Crippen molar-refractivity contribution in [1.82, 2.24) is 15.3 Å². The van der Waals surface area contributed by atoms with Crippen molar-refractivity contribution in [3.05, 3.63) is 17.2 Å². The van der Waals surface area contributed by atoms with Gasteiger partial charge in [0.05, 0.1) is 6.61 Å². The minimum atomic E-state index is -0.337. The lowest BCUT2D eigenvalue weighted by molar-refractivity contribution is 0.0519. The van der Waals surface area contributed by atoms with E-state index in [-0.39, 0.29) is 5.97 Å². The molecule has 1 unspecified atom stereocenters. The van der Waals surface area contributed by atoms with Crippen molar-refractivity contribution in [1.29, 1.82) is 0 Å². The van der Waals surface area contributed by atoms with Gasteiger partial charge in [0.1, 0.15) is 5.82 Å². The monoisotopic (exact) mass is 237 g/mol. The minimum absolute atomic E-state index is 0.337. The second kappa shape index (κ2) is 5.31. The first-order valence-corrected chi connectivity index (χ1v) is 6.16. The van der Waals surface area contributed by atoms with E-state index in [2.05, 4.69) is 15.3 Å². The van der Waals surface area contributed by atoms with Crippen LogP contribution in [0.2, 0.25) is 0 Å². The maximum absolute atomic E-state index is 11.6. The van der Waals surface area contributed by atoms with Gasteiger partial charge in [-0.3, -0.25) is 0 Å². The van der Waals surface area contributed by atoms with Crippen LogP contribution in [-0.2, 0) is 4.74 Å². The number of carbonyl (C=O) groups excluding carboxylic acids is 1. The number of ether oxygens (including phenoxy) is 1. The van der Waals surface area contributed by atoms with Gasteiger partial charge < -0.3 is 15.0 Å². The van der Waals surface area contributed by atoms with Gasteiger partial charge in [0.15, 0.2) is 5.69 Å². The zero-order valence-corrected chi connectivity index (χ0v) is 10.4. The fourth-order valence-corrected chi connectivity index (χ4v) is 2.16. The van der Waals surface area contributed by atoms with Gasteiger partial charge in [-0.2, -0.15) is 0 Å². The molecule has 0 aromatic carbocycles. The first-order chi connectivity index (χ1) is 8.22. The second-order valence-corrected chi connectivity index (χ2v) is 4.36. The number of aromatic nitrogens is 2. The number of hydrogen-bond acceptors (Lipinski definition) is 4. The van der Waals surface area contributed by atoms with Crippen LogP contribution in [0.25, 0.3) is 0 Å². The Bertz CT molecular complexity index is 394. The smallest absolute Gasteiger partial charge is 0.358 e. The van der Waals surface area contributed by atoms with E-state index in [4.69, 9.17) is 4.74 Å². The van der Waals surface area contributed by atoms with Crippen molar-refractivity contribution in [2.24, 2.45) is 0 Å². The lowest BCUT2D eigenvalue weighted by Crippen LogP contribution is -2.29. The summed E-state index contributed by atoms with van der Waals surface area (Å²) in [5.74, 6) is 0.944. The molecule has 0 saturated carbocycles. The molecule has 0 radical (unpaired) electrons. The lowest BCUT2D eigenvalue weighted by Gasteiger charge is -2.20. The van der Waals surface area contributed by atoms with Crippen molar-refractivity contribution in [3.8, 4) is 0 Å². The zero-order chi connectivity index (χ0) is 12.3. The van der Waals surface area contributed by atoms with Crippen LogP contribution in [0.15, 0.2) is 0 Å². The second-order valence-electron chi connectivity index (χ2n) is 4.36. The summed E-state index contributed by atoms with van der Waals surface area (Å²) in [5.41, 5.74) is 1.22. The number of nitrogens with one attached hydrogen (secondary N) is 2. The number of carbonyl (C=O) groups is 1. The third-order valence-corrected chi connectivity index (χ3v) is 3.06. The van der Waals surface area contributed by atoms with Crippen LogP contribution in [0.4, 0.5) is 0 Å². The number of hydrogen-bond donors (Lipinski definition) is 2. The molecule has 2 heterocycles. The van der Waals surface area contributed by atoms with Gasteiger partial charge in [-0.15, -0.1) is 0 Å². The number of aromatic amines is 1. The molecule has 0 aliphatic carbocycles. The quantitative estimate of drug-likeness (QED) is 0.779. The molecule has 2 N–H and O–H groups in total. The molecule has 17 heavy (non-hydrogen) atoms. The summed E-state index contributed by atoms with van der Waals surface area (Å²) in [6.45, 7) is 6.03. The Morgan fingerprint density at radius 2 is 2.41 bits per heavy atom. The predicted molar refractivity (Wildman–Crippen MR) is 64.1 cm³/mol. The van der Waals surface area contributed by atoms with Crippen molar-refractivity contribution >= 4 is 5.97 Å². The van der Waals surface area contributed by atoms with Gasteiger partial charge in [0.2, 0.25) is 0 Å². The molecule has 1 fully saturated rings. The first-order valence-electron chi connectivity index (χ1n) is 6.16. The van der Waals surface area contributed by atoms with Gasteiger partial charge in [-0.25, -0.2) is 9.78 Å². The van der Waals surface area contributed by atoms with E-state index in [9.17, 15) is 4.79 Å². The molecule has 0 bridgehead atoms. The fraction of sp³-hybridized carbons (Fsp3) is 0.667. The lowest BCUT2D eigenvalue weighted by atomic mass is 9.99. The van der Waals surface area contributed by atoms with Gasteiger partial charge in [0.25, 0.3) is 0 Å². The highest BCUT2D eigenvalue weighted by atomic mass is 16.5. The van der Waals surface area contributed by atoms with E-state index in [1.54, 1.807) is 6.92 Å². The van der Waals surface area contributed by atoms with Crippen LogP contribution < -0.4 is 5.32 Å². The Morgan fingerprint density at radius 3 is 3.06 bits per heavy atom. The molecule has 2 rings (SSSR count). The van der Waals surface area contributed by atoms with Crippen LogP contribution in [0.1, 0.15) is 47.7 Å². The van der Waals surface area contributed by atoms with Gasteiger partial charge >= 0.3 is 5.97 Å². The molecule has 1 aromatic heterocycles. The zero-order valence-electron chi connectivity index (χ0n) is 10.4. The largest absolute Gasteiger partial charge is 0.461 e. The first kappa shape index (κ1) is 12.1. The molecule has 0 spiro atoms. The number of rotatable bonds is 3. The summed E-state index contributed by atoms with van der Waals surface area (Å²) in [5, 5.41) is 3.34. The van der Waals surface area contributed by atoms with Crippen molar-refractivity contribution in [3.63, 3.8) is 0 Å². The summed E-state index contributed by atoms with van der Waals surface area (Å²) in [4.78, 5) is 19.2. The molecule has 1 aromatic rings. The van der Waals surface area contributed by atoms with E-state index >= 15 is 0 Å². The number of piperidine rings is 1. The molecule has 1 atom stereocenters. The number of H-pyrrole nitrogens is 1. The fourth-order valence-electron chi connectivity index (χ4n) is 2.16. The van der Waals surface area contributed by atoms with E-state index in [1.807, 2.05) is 6.92 Å². The highest BCUT2D eigenvalue weighted by Crippen LogP contribution is 2.22. The number of imidazole rings is 1. The van der Waals surface area contributed by atoms with Gasteiger partial charge in [0, 0.05) is 18.2 Å². The van der Waals surface area contributed by atoms with E-state index in [1.165, 1.54) is 0 Å². The topological polar surface area (TPSA) is 67.0 Å². The van der Waals surface area contributed by atoms with Crippen molar-refractivity contribution in [2.45, 2.75) is 32.6 Å².